The number of unbranched alkanes of at least 4 members (excludes halogenated alkanes) is 11. The molecule has 0 aromatic carbocycles. The number of aryl methyl sites for hydroxylation is 1. The zero-order valence-electron chi connectivity index (χ0n) is 14.2. The second-order valence-corrected chi connectivity index (χ2v) is 6.36. The molecule has 3 heteroatoms. The fraction of sp³-hybridized carbons (Fsp3) is 0.737. The normalized spacial score (nSPS) is 11.0. The van der Waals surface area contributed by atoms with Crippen LogP contribution in [0.3, 0.4) is 0 Å². The van der Waals surface area contributed by atoms with Gasteiger partial charge in [0.1, 0.15) is 0 Å². The number of carboxylic acid groups (broad SMARTS) is 1. The summed E-state index contributed by atoms with van der Waals surface area (Å²) < 4.78 is 0. The Hall–Kier alpha value is -1.25. The van der Waals surface area contributed by atoms with Crippen molar-refractivity contribution < 1.29 is 9.90 Å². The van der Waals surface area contributed by atoms with Gasteiger partial charge in [0.15, 0.2) is 0 Å². The van der Waals surface area contributed by atoms with Gasteiger partial charge in [0, 0.05) is 11.9 Å². The van der Waals surface area contributed by atoms with E-state index in [0.29, 0.717) is 5.56 Å². The minimum atomic E-state index is -0.850. The minimum Gasteiger partial charge on any atom is -0.478 e. The summed E-state index contributed by atoms with van der Waals surface area (Å²) in [5.74, 6) is -0.850. The summed E-state index contributed by atoms with van der Waals surface area (Å²) in [6, 6.07) is 1.75. The van der Waals surface area contributed by atoms with Crippen molar-refractivity contribution in [1.82, 2.24) is 4.98 Å². The van der Waals surface area contributed by atoms with Crippen LogP contribution in [0.15, 0.2) is 12.3 Å². The van der Waals surface area contributed by atoms with Crippen LogP contribution < -0.4 is 0 Å². The Kier molecular flexibility index (Phi) is 10.5. The lowest BCUT2D eigenvalue weighted by Gasteiger charge is -2.02. The highest BCUT2D eigenvalue weighted by molar-refractivity contribution is 5.87. The third kappa shape index (κ3) is 8.91. The Morgan fingerprint density at radius 2 is 1.41 bits per heavy atom. The molecule has 0 amide bonds. The monoisotopic (exact) mass is 307 g/mol. The molecule has 0 fully saturated rings. The van der Waals surface area contributed by atoms with Gasteiger partial charge in [0.2, 0.25) is 0 Å². The van der Waals surface area contributed by atoms with Gasteiger partial charge in [-0.05, 0) is 18.9 Å². The first-order valence-electron chi connectivity index (χ1n) is 9.14. The molecule has 0 aliphatic heterocycles. The van der Waals surface area contributed by atoms with Crippen LogP contribution >= 0.6 is 0 Å². The fourth-order valence-corrected chi connectivity index (χ4v) is 2.87. The van der Waals surface area contributed by atoms with Gasteiger partial charge in [-0.2, -0.15) is 0 Å². The summed E-state index contributed by atoms with van der Waals surface area (Å²) >= 11 is 0. The first-order chi connectivity index (χ1) is 10.7. The molecule has 0 radical (unpaired) electrons. The SMILES string of the molecule is CCCCCCCCCCCCCCc1cc(C(=O)O)c[nH]1. The first kappa shape index (κ1) is 18.8. The molecule has 0 saturated heterocycles. The highest BCUT2D eigenvalue weighted by atomic mass is 16.4. The molecule has 0 aliphatic rings. The molecule has 1 rings (SSSR count). The number of aromatic amines is 1. The zero-order valence-corrected chi connectivity index (χ0v) is 14.2. The molecule has 2 N–H and O–H groups in total. The smallest absolute Gasteiger partial charge is 0.337 e. The Morgan fingerprint density at radius 3 is 1.86 bits per heavy atom. The lowest BCUT2D eigenvalue weighted by Crippen LogP contribution is -1.92. The third-order valence-electron chi connectivity index (χ3n) is 4.29. The van der Waals surface area contributed by atoms with Crippen molar-refractivity contribution in [3.8, 4) is 0 Å². The fourth-order valence-electron chi connectivity index (χ4n) is 2.87. The third-order valence-corrected chi connectivity index (χ3v) is 4.29. The summed E-state index contributed by atoms with van der Waals surface area (Å²) in [4.78, 5) is 13.8. The number of carbonyl (C=O) groups is 1. The van der Waals surface area contributed by atoms with Crippen molar-refractivity contribution in [3.05, 3.63) is 23.5 Å². The minimum absolute atomic E-state index is 0.369. The van der Waals surface area contributed by atoms with Crippen LogP contribution in [0.5, 0.6) is 0 Å². The van der Waals surface area contributed by atoms with Crippen LogP contribution in [0.25, 0.3) is 0 Å². The van der Waals surface area contributed by atoms with Crippen LogP contribution in [0, 0.1) is 0 Å². The zero-order chi connectivity index (χ0) is 16.0. The molecule has 0 spiro atoms. The second-order valence-electron chi connectivity index (χ2n) is 6.36. The number of rotatable bonds is 14. The highest BCUT2D eigenvalue weighted by Crippen LogP contribution is 2.13. The number of carboxylic acids is 1. The number of aromatic nitrogens is 1. The van der Waals surface area contributed by atoms with Gasteiger partial charge in [-0.1, -0.05) is 77.6 Å². The lowest BCUT2D eigenvalue weighted by molar-refractivity contribution is 0.0697. The Balaban J connectivity index is 1.86. The molecule has 0 aliphatic carbocycles. The number of nitrogens with one attached hydrogen (secondary N) is 1. The van der Waals surface area contributed by atoms with Crippen LogP contribution in [0.4, 0.5) is 0 Å². The van der Waals surface area contributed by atoms with E-state index in [2.05, 4.69) is 11.9 Å². The molecular formula is C19H33NO2. The van der Waals surface area contributed by atoms with Gasteiger partial charge in [0.25, 0.3) is 0 Å². The van der Waals surface area contributed by atoms with E-state index in [1.807, 2.05) is 0 Å². The molecule has 126 valence electrons. The highest BCUT2D eigenvalue weighted by Gasteiger charge is 2.05. The van der Waals surface area contributed by atoms with E-state index in [9.17, 15) is 4.79 Å². The summed E-state index contributed by atoms with van der Waals surface area (Å²) in [5, 5.41) is 8.85. The molecule has 22 heavy (non-hydrogen) atoms. The summed E-state index contributed by atoms with van der Waals surface area (Å²) in [6.45, 7) is 2.26. The quantitative estimate of drug-likeness (QED) is 0.417. The standard InChI is InChI=1S/C19H33NO2/c1-2-3-4-5-6-7-8-9-10-11-12-13-14-18-15-17(16-20-18)19(21)22/h15-16,20H,2-14H2,1H3,(H,21,22). The lowest BCUT2D eigenvalue weighted by atomic mass is 10.0. The van der Waals surface area contributed by atoms with Crippen molar-refractivity contribution in [2.45, 2.75) is 90.4 Å². The number of H-pyrrole nitrogens is 1. The van der Waals surface area contributed by atoms with Crippen molar-refractivity contribution in [3.63, 3.8) is 0 Å². The van der Waals surface area contributed by atoms with Gasteiger partial charge in [-0.3, -0.25) is 0 Å². The number of hydrogen-bond acceptors (Lipinski definition) is 1. The van der Waals surface area contributed by atoms with Crippen LogP contribution in [-0.2, 0) is 6.42 Å². The van der Waals surface area contributed by atoms with Crippen molar-refractivity contribution in [2.75, 3.05) is 0 Å². The molecule has 1 aromatic rings. The molecule has 0 atom stereocenters. The maximum Gasteiger partial charge on any atom is 0.337 e. The number of hydrogen-bond donors (Lipinski definition) is 2. The predicted octanol–water partition coefficient (Wildman–Crippen LogP) is 5.96. The van der Waals surface area contributed by atoms with E-state index in [0.717, 1.165) is 18.5 Å². The van der Waals surface area contributed by atoms with Gasteiger partial charge >= 0.3 is 5.97 Å². The van der Waals surface area contributed by atoms with E-state index >= 15 is 0 Å². The van der Waals surface area contributed by atoms with E-state index < -0.39 is 5.97 Å². The Bertz CT molecular complexity index is 398. The molecule has 1 aromatic heterocycles. The maximum atomic E-state index is 10.8. The molecule has 0 saturated carbocycles. The maximum absolute atomic E-state index is 10.8. The summed E-state index contributed by atoms with van der Waals surface area (Å²) in [5.41, 5.74) is 1.42. The molecule has 0 bridgehead atoms. The molecule has 1 heterocycles. The first-order valence-corrected chi connectivity index (χ1v) is 9.14. The van der Waals surface area contributed by atoms with Crippen molar-refractivity contribution in [1.29, 1.82) is 0 Å². The van der Waals surface area contributed by atoms with Crippen LogP contribution in [-0.4, -0.2) is 16.1 Å². The predicted molar refractivity (Wildman–Crippen MR) is 92.5 cm³/mol. The Morgan fingerprint density at radius 1 is 0.909 bits per heavy atom. The van der Waals surface area contributed by atoms with E-state index in [4.69, 9.17) is 5.11 Å². The van der Waals surface area contributed by atoms with E-state index in [1.54, 1.807) is 12.3 Å². The van der Waals surface area contributed by atoms with Gasteiger partial charge < -0.3 is 10.1 Å². The van der Waals surface area contributed by atoms with Crippen molar-refractivity contribution in [2.24, 2.45) is 0 Å². The second kappa shape index (κ2) is 12.3. The molecule has 0 unspecified atom stereocenters. The van der Waals surface area contributed by atoms with Crippen LogP contribution in [0.1, 0.15) is 100 Å². The van der Waals surface area contributed by atoms with Crippen LogP contribution in [0.2, 0.25) is 0 Å². The van der Waals surface area contributed by atoms with E-state index in [-0.39, 0.29) is 0 Å². The summed E-state index contributed by atoms with van der Waals surface area (Å²) in [7, 11) is 0. The molecule has 3 nitrogen and oxygen atoms in total. The Labute approximate surface area is 135 Å². The van der Waals surface area contributed by atoms with Gasteiger partial charge in [0.05, 0.1) is 5.56 Å². The van der Waals surface area contributed by atoms with Gasteiger partial charge in [-0.15, -0.1) is 0 Å². The van der Waals surface area contributed by atoms with E-state index in [1.165, 1.54) is 70.6 Å². The number of aromatic carboxylic acids is 1. The summed E-state index contributed by atoms with van der Waals surface area (Å²) in [6.07, 6.45) is 18.8. The largest absolute Gasteiger partial charge is 0.478 e. The average Bonchev–Trinajstić information content (AvgIpc) is 2.97. The topological polar surface area (TPSA) is 53.1 Å². The van der Waals surface area contributed by atoms with Crippen molar-refractivity contribution >= 4 is 5.97 Å². The average molecular weight is 307 g/mol. The molecular weight excluding hydrogens is 274 g/mol. The van der Waals surface area contributed by atoms with Gasteiger partial charge in [-0.25, -0.2) is 4.79 Å².